The van der Waals surface area contributed by atoms with E-state index in [0.717, 1.165) is 75.7 Å². The van der Waals surface area contributed by atoms with Gasteiger partial charge >= 0.3 is 0 Å². The molecule has 1 radical (unpaired) electrons. The van der Waals surface area contributed by atoms with Gasteiger partial charge < -0.3 is 9.80 Å². The first-order valence-corrected chi connectivity index (χ1v) is 13.2. The number of halogens is 1. The van der Waals surface area contributed by atoms with E-state index in [2.05, 4.69) is 23.1 Å². The second-order valence-corrected chi connectivity index (χ2v) is 10.4. The predicted molar refractivity (Wildman–Crippen MR) is 137 cm³/mol. The number of carbonyl (C=O) groups excluding carboxylic acids is 2. The van der Waals surface area contributed by atoms with E-state index in [9.17, 15) is 9.59 Å². The normalized spacial score (nSPS) is 21.3. The van der Waals surface area contributed by atoms with Gasteiger partial charge in [0.15, 0.2) is 0 Å². The van der Waals surface area contributed by atoms with Gasteiger partial charge in [0, 0.05) is 63.3 Å². The van der Waals surface area contributed by atoms with Crippen molar-refractivity contribution in [1.82, 2.24) is 19.7 Å². The lowest BCUT2D eigenvalue weighted by atomic mass is 9.92. The fourth-order valence-electron chi connectivity index (χ4n) is 5.90. The molecule has 1 aromatic heterocycles. The molecule has 2 aliphatic heterocycles. The molecule has 7 heteroatoms. The van der Waals surface area contributed by atoms with Crippen molar-refractivity contribution in [1.29, 1.82) is 0 Å². The van der Waals surface area contributed by atoms with E-state index in [1.807, 2.05) is 28.1 Å². The summed E-state index contributed by atoms with van der Waals surface area (Å²) in [5.74, 6) is 0.725. The summed E-state index contributed by atoms with van der Waals surface area (Å²) in [5, 5.41) is 0.778. The Morgan fingerprint density at radius 1 is 1.00 bits per heavy atom. The van der Waals surface area contributed by atoms with Crippen LogP contribution in [0.2, 0.25) is 5.02 Å². The van der Waals surface area contributed by atoms with Crippen LogP contribution in [0.1, 0.15) is 54.6 Å². The van der Waals surface area contributed by atoms with Crippen LogP contribution < -0.4 is 0 Å². The first-order valence-electron chi connectivity index (χ1n) is 12.9. The zero-order chi connectivity index (χ0) is 24.4. The lowest BCUT2D eigenvalue weighted by molar-refractivity contribution is -0.134. The summed E-state index contributed by atoms with van der Waals surface area (Å²) in [4.78, 5) is 36.2. The molecule has 2 saturated heterocycles. The van der Waals surface area contributed by atoms with E-state index < -0.39 is 0 Å². The minimum atomic E-state index is 0.0930. The van der Waals surface area contributed by atoms with E-state index in [0.29, 0.717) is 12.3 Å². The van der Waals surface area contributed by atoms with Gasteiger partial charge in [-0.15, -0.1) is 0 Å². The second-order valence-electron chi connectivity index (χ2n) is 9.97. The van der Waals surface area contributed by atoms with Gasteiger partial charge in [0.2, 0.25) is 11.8 Å². The SMILES string of the molecule is C[CH]C(=O)N1CCC(CC(=O)N2CCN(C3c4ccc(Cl)cc4CCc4cccnc43)CC2)CC1. The van der Waals surface area contributed by atoms with Crippen molar-refractivity contribution in [2.75, 3.05) is 39.3 Å². The topological polar surface area (TPSA) is 56.8 Å². The Kier molecular flexibility index (Phi) is 7.40. The number of piperazine rings is 1. The number of nitrogens with zero attached hydrogens (tertiary/aromatic N) is 4. The van der Waals surface area contributed by atoms with Crippen molar-refractivity contribution in [2.45, 2.75) is 45.1 Å². The number of aryl methyl sites for hydroxylation is 2. The molecule has 1 aromatic carbocycles. The van der Waals surface area contributed by atoms with Crippen LogP contribution in [0.3, 0.4) is 0 Å². The largest absolute Gasteiger partial charge is 0.342 e. The molecule has 0 bridgehead atoms. The maximum absolute atomic E-state index is 13.1. The number of likely N-dealkylation sites (tertiary alicyclic amines) is 1. The summed E-state index contributed by atoms with van der Waals surface area (Å²) in [5.41, 5.74) is 5.02. The fourth-order valence-corrected chi connectivity index (χ4v) is 6.09. The van der Waals surface area contributed by atoms with Crippen molar-refractivity contribution in [3.63, 3.8) is 0 Å². The van der Waals surface area contributed by atoms with Gasteiger partial charge in [-0.3, -0.25) is 19.5 Å². The summed E-state index contributed by atoms with van der Waals surface area (Å²) in [6.45, 7) is 6.43. The first kappa shape index (κ1) is 24.3. The molecule has 35 heavy (non-hydrogen) atoms. The fraction of sp³-hybridized carbons (Fsp3) is 0.500. The van der Waals surface area contributed by atoms with Crippen molar-refractivity contribution in [3.05, 3.63) is 70.4 Å². The van der Waals surface area contributed by atoms with Gasteiger partial charge in [-0.05, 0) is 66.5 Å². The highest BCUT2D eigenvalue weighted by Gasteiger charge is 2.34. The Morgan fingerprint density at radius 2 is 1.74 bits per heavy atom. The molecule has 185 valence electrons. The van der Waals surface area contributed by atoms with Crippen molar-refractivity contribution in [2.24, 2.45) is 5.92 Å². The van der Waals surface area contributed by atoms with Crippen LogP contribution in [0.15, 0.2) is 36.5 Å². The smallest absolute Gasteiger partial charge is 0.226 e. The summed E-state index contributed by atoms with van der Waals surface area (Å²) >= 11 is 6.35. The van der Waals surface area contributed by atoms with Crippen molar-refractivity contribution in [3.8, 4) is 0 Å². The number of piperidine rings is 1. The number of amides is 2. The summed E-state index contributed by atoms with van der Waals surface area (Å²) in [6.07, 6.45) is 7.86. The highest BCUT2D eigenvalue weighted by molar-refractivity contribution is 6.30. The molecular weight excluding hydrogens is 460 g/mol. The third-order valence-electron chi connectivity index (χ3n) is 7.92. The van der Waals surface area contributed by atoms with Crippen LogP contribution in [-0.4, -0.2) is 70.8 Å². The number of hydrogen-bond acceptors (Lipinski definition) is 4. The van der Waals surface area contributed by atoms with Gasteiger partial charge in [-0.1, -0.05) is 30.7 Å². The number of carbonyl (C=O) groups is 2. The third kappa shape index (κ3) is 5.24. The molecule has 0 saturated carbocycles. The van der Waals surface area contributed by atoms with E-state index in [1.54, 1.807) is 13.3 Å². The molecule has 1 aliphatic carbocycles. The molecule has 3 heterocycles. The molecule has 6 nitrogen and oxygen atoms in total. The van der Waals surface area contributed by atoms with E-state index in [-0.39, 0.29) is 17.9 Å². The van der Waals surface area contributed by atoms with E-state index in [4.69, 9.17) is 16.6 Å². The molecule has 1 atom stereocenters. The minimum absolute atomic E-state index is 0.0930. The molecule has 2 amide bonds. The number of aromatic nitrogens is 1. The highest BCUT2D eigenvalue weighted by Crippen LogP contribution is 2.37. The molecule has 1 unspecified atom stereocenters. The Hall–Kier alpha value is -2.44. The number of hydrogen-bond donors (Lipinski definition) is 0. The van der Waals surface area contributed by atoms with Crippen LogP contribution in [-0.2, 0) is 22.4 Å². The molecule has 2 fully saturated rings. The first-order chi connectivity index (χ1) is 17.0. The van der Waals surface area contributed by atoms with Gasteiger partial charge in [-0.25, -0.2) is 0 Å². The number of rotatable bonds is 4. The highest BCUT2D eigenvalue weighted by atomic mass is 35.5. The molecule has 3 aliphatic rings. The Labute approximate surface area is 213 Å². The molecule has 5 rings (SSSR count). The minimum Gasteiger partial charge on any atom is -0.342 e. The number of benzene rings is 1. The van der Waals surface area contributed by atoms with Crippen LogP contribution in [0, 0.1) is 12.3 Å². The van der Waals surface area contributed by atoms with Gasteiger partial charge in [-0.2, -0.15) is 0 Å². The van der Waals surface area contributed by atoms with E-state index in [1.165, 1.54) is 16.7 Å². The van der Waals surface area contributed by atoms with Gasteiger partial charge in [0.25, 0.3) is 0 Å². The van der Waals surface area contributed by atoms with Crippen molar-refractivity contribution >= 4 is 23.4 Å². The Balaban J connectivity index is 1.24. The number of fused-ring (bicyclic) bond motifs is 2. The van der Waals surface area contributed by atoms with Gasteiger partial charge in [0.1, 0.15) is 0 Å². The lowest BCUT2D eigenvalue weighted by Gasteiger charge is -2.40. The van der Waals surface area contributed by atoms with Crippen LogP contribution >= 0.6 is 11.6 Å². The Bertz CT molecular complexity index is 1070. The van der Waals surface area contributed by atoms with Crippen LogP contribution in [0.25, 0.3) is 0 Å². The molecule has 0 spiro atoms. The average Bonchev–Trinajstić information content (AvgIpc) is 3.05. The quantitative estimate of drug-likeness (QED) is 0.647. The van der Waals surface area contributed by atoms with Crippen LogP contribution in [0.5, 0.6) is 0 Å². The monoisotopic (exact) mass is 493 g/mol. The average molecular weight is 494 g/mol. The lowest BCUT2D eigenvalue weighted by Crippen LogP contribution is -2.50. The summed E-state index contributed by atoms with van der Waals surface area (Å²) in [6, 6.07) is 10.6. The Morgan fingerprint density at radius 3 is 2.49 bits per heavy atom. The third-order valence-corrected chi connectivity index (χ3v) is 8.15. The van der Waals surface area contributed by atoms with E-state index >= 15 is 0 Å². The number of pyridine rings is 1. The summed E-state index contributed by atoms with van der Waals surface area (Å²) < 4.78 is 0. The molecule has 2 aromatic rings. The predicted octanol–water partition coefficient (Wildman–Crippen LogP) is 3.92. The zero-order valence-corrected chi connectivity index (χ0v) is 21.2. The van der Waals surface area contributed by atoms with Crippen LogP contribution in [0.4, 0.5) is 0 Å². The molecular formula is C28H34ClN4O2. The molecule has 0 N–H and O–H groups in total. The van der Waals surface area contributed by atoms with Crippen molar-refractivity contribution < 1.29 is 9.59 Å². The summed E-state index contributed by atoms with van der Waals surface area (Å²) in [7, 11) is 0. The second kappa shape index (κ2) is 10.7. The standard InChI is InChI=1S/C28H34ClN4O2/c1-2-25(34)31-12-9-20(10-13-31)18-26(35)32-14-16-33(17-15-32)28-24-8-7-23(29)19-22(24)6-5-21-4-3-11-30-27(21)28/h2-4,7-8,11,19-20,28H,5-6,9-10,12-18H2,1H3. The maximum Gasteiger partial charge on any atom is 0.226 e. The maximum atomic E-state index is 13.1. The van der Waals surface area contributed by atoms with Gasteiger partial charge in [0.05, 0.1) is 11.7 Å². The zero-order valence-electron chi connectivity index (χ0n) is 20.5.